The Balaban J connectivity index is 1.70. The van der Waals surface area contributed by atoms with Gasteiger partial charge in [0.05, 0.1) is 5.56 Å². The van der Waals surface area contributed by atoms with E-state index in [2.05, 4.69) is 20.4 Å². The predicted octanol–water partition coefficient (Wildman–Crippen LogP) is 5.85. The molecule has 0 atom stereocenters. The number of halogens is 4. The van der Waals surface area contributed by atoms with Gasteiger partial charge < -0.3 is 0 Å². The van der Waals surface area contributed by atoms with Crippen LogP contribution in [0, 0.1) is 11.6 Å². The topological polar surface area (TPSA) is 51.6 Å². The Morgan fingerprint density at radius 1 is 0.571 bits per heavy atom. The zero-order valence-electron chi connectivity index (χ0n) is 14.1. The summed E-state index contributed by atoms with van der Waals surface area (Å²) in [6.45, 7) is 0. The largest absolute Gasteiger partial charge is 0.209 e. The summed E-state index contributed by atoms with van der Waals surface area (Å²) < 4.78 is 27.7. The second-order valence-electron chi connectivity index (χ2n) is 5.88. The molecule has 0 saturated carbocycles. The number of rotatable bonds is 3. The van der Waals surface area contributed by atoms with Gasteiger partial charge in [0.15, 0.2) is 0 Å². The van der Waals surface area contributed by atoms with Crippen LogP contribution in [0.1, 0.15) is 0 Å². The highest BCUT2D eigenvalue weighted by Gasteiger charge is 2.15. The third-order valence-corrected chi connectivity index (χ3v) is 4.42. The first kappa shape index (κ1) is 18.4. The lowest BCUT2D eigenvalue weighted by molar-refractivity contribution is 0.585. The van der Waals surface area contributed by atoms with E-state index in [1.54, 1.807) is 24.3 Å². The van der Waals surface area contributed by atoms with E-state index in [9.17, 15) is 8.78 Å². The van der Waals surface area contributed by atoms with Gasteiger partial charge in [-0.2, -0.15) is 0 Å². The lowest BCUT2D eigenvalue weighted by atomic mass is 10.0. The maximum absolute atomic E-state index is 13.9. The minimum Gasteiger partial charge on any atom is -0.206 e. The Morgan fingerprint density at radius 3 is 1.75 bits per heavy atom. The quantitative estimate of drug-likeness (QED) is 0.421. The van der Waals surface area contributed by atoms with Crippen molar-refractivity contribution < 1.29 is 8.78 Å². The molecule has 0 aliphatic rings. The molecule has 4 nitrogen and oxygen atoms in total. The normalized spacial score (nSPS) is 10.9. The van der Waals surface area contributed by atoms with Gasteiger partial charge in [0.2, 0.25) is 11.6 Å². The summed E-state index contributed by atoms with van der Waals surface area (Å²) in [6, 6.07) is 16.0. The number of hydrogen-bond donors (Lipinski definition) is 0. The lowest BCUT2D eigenvalue weighted by Crippen LogP contribution is -2.02. The molecule has 0 fully saturated rings. The van der Waals surface area contributed by atoms with Crippen LogP contribution in [-0.4, -0.2) is 20.4 Å². The number of benzene rings is 3. The molecule has 138 valence electrons. The molecule has 8 heteroatoms. The van der Waals surface area contributed by atoms with Crippen molar-refractivity contribution >= 4 is 23.2 Å². The van der Waals surface area contributed by atoms with Crippen molar-refractivity contribution in [3.8, 4) is 33.9 Å². The fourth-order valence-electron chi connectivity index (χ4n) is 2.71. The molecule has 4 rings (SSSR count). The zero-order valence-corrected chi connectivity index (χ0v) is 15.6. The van der Waals surface area contributed by atoms with Gasteiger partial charge in [0.25, 0.3) is 0 Å². The molecule has 0 bridgehead atoms. The standard InChI is InChI=1S/C20H10Cl2F2N4/c21-14-8-13(9-15(22)10-14)11-3-1-4-12(7-11)19-25-27-20(28-26-19)18-16(23)5-2-6-17(18)24/h1-10H. The van der Waals surface area contributed by atoms with Crippen LogP contribution in [0.3, 0.4) is 0 Å². The van der Waals surface area contributed by atoms with E-state index in [0.29, 0.717) is 15.6 Å². The molecule has 28 heavy (non-hydrogen) atoms. The molecule has 1 heterocycles. The molecule has 0 amide bonds. The van der Waals surface area contributed by atoms with Crippen LogP contribution in [0.5, 0.6) is 0 Å². The van der Waals surface area contributed by atoms with Crippen molar-refractivity contribution in [2.75, 3.05) is 0 Å². The van der Waals surface area contributed by atoms with E-state index < -0.39 is 11.6 Å². The monoisotopic (exact) mass is 414 g/mol. The summed E-state index contributed by atoms with van der Waals surface area (Å²) in [5.74, 6) is -1.57. The van der Waals surface area contributed by atoms with Gasteiger partial charge in [-0.3, -0.25) is 0 Å². The van der Waals surface area contributed by atoms with Crippen molar-refractivity contribution in [2.24, 2.45) is 0 Å². The summed E-state index contributed by atoms with van der Waals surface area (Å²) in [6.07, 6.45) is 0. The second kappa shape index (κ2) is 7.58. The highest BCUT2D eigenvalue weighted by atomic mass is 35.5. The summed E-state index contributed by atoms with van der Waals surface area (Å²) >= 11 is 12.1. The summed E-state index contributed by atoms with van der Waals surface area (Å²) in [5, 5.41) is 16.6. The Bertz CT molecular complexity index is 1130. The number of hydrogen-bond acceptors (Lipinski definition) is 4. The average Bonchev–Trinajstić information content (AvgIpc) is 2.68. The van der Waals surface area contributed by atoms with Crippen molar-refractivity contribution in [1.29, 1.82) is 0 Å². The molecule has 1 aromatic heterocycles. The van der Waals surface area contributed by atoms with Gasteiger partial charge >= 0.3 is 0 Å². The Kier molecular flexibility index (Phi) is 4.98. The Hall–Kier alpha value is -2.96. The van der Waals surface area contributed by atoms with Crippen LogP contribution in [0.4, 0.5) is 8.78 Å². The van der Waals surface area contributed by atoms with Crippen LogP contribution in [0.25, 0.3) is 33.9 Å². The van der Waals surface area contributed by atoms with Gasteiger partial charge in [-0.05, 0) is 47.5 Å². The fraction of sp³-hybridized carbons (Fsp3) is 0. The number of aromatic nitrogens is 4. The Labute approximate surface area is 168 Å². The van der Waals surface area contributed by atoms with Gasteiger partial charge in [-0.25, -0.2) is 8.78 Å². The molecule has 0 spiro atoms. The smallest absolute Gasteiger partial charge is 0.206 e. The molecule has 0 aliphatic carbocycles. The molecule has 0 N–H and O–H groups in total. The van der Waals surface area contributed by atoms with Crippen LogP contribution in [0.2, 0.25) is 10.0 Å². The third-order valence-electron chi connectivity index (χ3n) is 3.98. The highest BCUT2D eigenvalue weighted by Crippen LogP contribution is 2.29. The van der Waals surface area contributed by atoms with E-state index in [1.807, 2.05) is 18.2 Å². The summed E-state index contributed by atoms with van der Waals surface area (Å²) in [5.41, 5.74) is 1.94. The molecule has 0 radical (unpaired) electrons. The maximum Gasteiger partial charge on any atom is 0.209 e. The Morgan fingerprint density at radius 2 is 1.11 bits per heavy atom. The van der Waals surface area contributed by atoms with Crippen LogP contribution in [0.15, 0.2) is 60.7 Å². The first-order chi connectivity index (χ1) is 13.5. The molecular weight excluding hydrogens is 405 g/mol. The van der Waals surface area contributed by atoms with Crippen LogP contribution < -0.4 is 0 Å². The first-order valence-corrected chi connectivity index (χ1v) is 8.85. The van der Waals surface area contributed by atoms with Crippen molar-refractivity contribution in [2.45, 2.75) is 0 Å². The van der Waals surface area contributed by atoms with Crippen molar-refractivity contribution in [3.05, 3.63) is 82.3 Å². The molecular formula is C20H10Cl2F2N4. The van der Waals surface area contributed by atoms with Crippen LogP contribution in [-0.2, 0) is 0 Å². The molecule has 4 aromatic rings. The van der Waals surface area contributed by atoms with E-state index in [1.165, 1.54) is 6.07 Å². The van der Waals surface area contributed by atoms with Crippen LogP contribution >= 0.6 is 23.2 Å². The van der Waals surface area contributed by atoms with Gasteiger partial charge in [0, 0.05) is 15.6 Å². The minimum atomic E-state index is -0.781. The average molecular weight is 415 g/mol. The molecule has 0 aliphatic heterocycles. The van der Waals surface area contributed by atoms with Crippen molar-refractivity contribution in [1.82, 2.24) is 20.4 Å². The number of nitrogens with zero attached hydrogens (tertiary/aromatic N) is 4. The highest BCUT2D eigenvalue weighted by molar-refractivity contribution is 6.35. The van der Waals surface area contributed by atoms with Gasteiger partial charge in [-0.15, -0.1) is 20.4 Å². The molecule has 0 unspecified atom stereocenters. The van der Waals surface area contributed by atoms with Gasteiger partial charge in [-0.1, -0.05) is 47.5 Å². The predicted molar refractivity (Wildman–Crippen MR) is 104 cm³/mol. The zero-order chi connectivity index (χ0) is 19.7. The van der Waals surface area contributed by atoms with E-state index in [0.717, 1.165) is 23.3 Å². The third kappa shape index (κ3) is 3.69. The van der Waals surface area contributed by atoms with Gasteiger partial charge in [0.1, 0.15) is 11.6 Å². The fourth-order valence-corrected chi connectivity index (χ4v) is 3.24. The SMILES string of the molecule is Fc1cccc(F)c1-c1nnc(-c2cccc(-c3cc(Cl)cc(Cl)c3)c2)nn1. The summed E-state index contributed by atoms with van der Waals surface area (Å²) in [4.78, 5) is 0. The van der Waals surface area contributed by atoms with Crippen molar-refractivity contribution in [3.63, 3.8) is 0 Å². The van der Waals surface area contributed by atoms with E-state index >= 15 is 0 Å². The second-order valence-corrected chi connectivity index (χ2v) is 6.76. The lowest BCUT2D eigenvalue weighted by Gasteiger charge is -2.06. The maximum atomic E-state index is 13.9. The minimum absolute atomic E-state index is 0.218. The molecule has 0 saturated heterocycles. The first-order valence-electron chi connectivity index (χ1n) is 8.10. The molecule has 3 aromatic carbocycles. The summed E-state index contributed by atoms with van der Waals surface area (Å²) in [7, 11) is 0. The van der Waals surface area contributed by atoms with E-state index in [4.69, 9.17) is 23.2 Å². The van der Waals surface area contributed by atoms with E-state index in [-0.39, 0.29) is 17.2 Å².